The Hall–Kier alpha value is 0.0499. The fourth-order valence-electron chi connectivity index (χ4n) is 0.723. The highest BCUT2D eigenvalue weighted by Gasteiger charge is 2.37. The van der Waals surface area contributed by atoms with Gasteiger partial charge in [-0.3, -0.25) is 0 Å². The molecule has 11 heavy (non-hydrogen) atoms. The molecular weight excluding hydrogens is 138 g/mol. The van der Waals surface area contributed by atoms with E-state index in [1.54, 1.807) is 20.8 Å². The van der Waals surface area contributed by atoms with Crippen LogP contribution < -0.4 is 0 Å². The Kier molecular flexibility index (Phi) is 3.65. The first-order valence-corrected chi connectivity index (χ1v) is 3.81. The van der Waals surface area contributed by atoms with Crippen molar-refractivity contribution in [3.8, 4) is 0 Å². The maximum atomic E-state index is 9.78. The predicted molar refractivity (Wildman–Crippen MR) is 47.6 cm³/mol. The third kappa shape index (κ3) is 2.53. The van der Waals surface area contributed by atoms with Crippen molar-refractivity contribution < 1.29 is 9.76 Å². The van der Waals surface area contributed by atoms with Crippen LogP contribution in [0.5, 0.6) is 0 Å². The lowest BCUT2D eigenvalue weighted by molar-refractivity contribution is -0.103. The van der Waals surface area contributed by atoms with Crippen LogP contribution in [0, 0.1) is 0 Å². The van der Waals surface area contributed by atoms with E-state index in [9.17, 15) is 5.11 Å². The molecule has 0 heterocycles. The first kappa shape index (κ1) is 11.0. The molecule has 0 aliphatic carbocycles. The third-order valence-corrected chi connectivity index (χ3v) is 2.35. The summed E-state index contributed by atoms with van der Waals surface area (Å²) in [7, 11) is 6.22. The lowest BCUT2D eigenvalue weighted by Gasteiger charge is -2.39. The Balaban J connectivity index is 4.26. The molecule has 1 N–H and O–H groups in total. The van der Waals surface area contributed by atoms with Crippen LogP contribution in [-0.4, -0.2) is 31.4 Å². The van der Waals surface area contributed by atoms with Gasteiger partial charge in [-0.15, -0.1) is 0 Å². The Morgan fingerprint density at radius 1 is 1.45 bits per heavy atom. The third-order valence-electron chi connectivity index (χ3n) is 2.35. The molecule has 0 amide bonds. The van der Waals surface area contributed by atoms with Gasteiger partial charge in [0.2, 0.25) is 7.37 Å². The van der Waals surface area contributed by atoms with Gasteiger partial charge in [0.25, 0.3) is 0 Å². The van der Waals surface area contributed by atoms with Gasteiger partial charge in [-0.2, -0.15) is 0 Å². The SMILES string of the molecule is [B][B]OC(C)(C)C(C)(O)CC. The summed E-state index contributed by atoms with van der Waals surface area (Å²) in [6.45, 7) is 7.25. The van der Waals surface area contributed by atoms with Crippen LogP contribution in [-0.2, 0) is 4.65 Å². The zero-order chi connectivity index (χ0) is 9.12. The lowest BCUT2D eigenvalue weighted by Crippen LogP contribution is -2.49. The minimum Gasteiger partial charge on any atom is -0.445 e. The second-order valence-corrected chi connectivity index (χ2v) is 3.39. The van der Waals surface area contributed by atoms with Gasteiger partial charge in [0.05, 0.1) is 18.9 Å². The van der Waals surface area contributed by atoms with E-state index in [1.807, 2.05) is 6.92 Å². The first-order chi connectivity index (χ1) is 4.87. The van der Waals surface area contributed by atoms with Gasteiger partial charge in [-0.1, -0.05) is 6.92 Å². The van der Waals surface area contributed by atoms with Crippen LogP contribution >= 0.6 is 0 Å². The van der Waals surface area contributed by atoms with Crippen molar-refractivity contribution in [2.24, 2.45) is 0 Å². The summed E-state index contributed by atoms with van der Waals surface area (Å²) in [6.07, 6.45) is 0.633. The summed E-state index contributed by atoms with van der Waals surface area (Å²) in [4.78, 5) is 0. The van der Waals surface area contributed by atoms with E-state index in [-0.39, 0.29) is 0 Å². The molecule has 0 saturated carbocycles. The number of rotatable bonds is 4. The Labute approximate surface area is 71.0 Å². The second-order valence-electron chi connectivity index (χ2n) is 3.39. The molecule has 4 heteroatoms. The van der Waals surface area contributed by atoms with Gasteiger partial charge >= 0.3 is 0 Å². The van der Waals surface area contributed by atoms with Gasteiger partial charge in [0.1, 0.15) is 0 Å². The number of hydrogen-bond acceptors (Lipinski definition) is 2. The van der Waals surface area contributed by atoms with E-state index in [0.29, 0.717) is 6.42 Å². The normalized spacial score (nSPS) is 17.5. The summed E-state index contributed by atoms with van der Waals surface area (Å²) < 4.78 is 5.09. The summed E-state index contributed by atoms with van der Waals surface area (Å²) in [6, 6.07) is 0. The van der Waals surface area contributed by atoms with Gasteiger partial charge in [-0.25, -0.2) is 0 Å². The van der Waals surface area contributed by atoms with Crippen molar-refractivity contribution in [3.63, 3.8) is 0 Å². The Bertz CT molecular complexity index is 124. The Morgan fingerprint density at radius 2 is 1.91 bits per heavy atom. The number of hydrogen-bond donors (Lipinski definition) is 1. The molecule has 0 aliphatic rings. The minimum atomic E-state index is -0.844. The van der Waals surface area contributed by atoms with Gasteiger partial charge in [-0.05, 0) is 27.2 Å². The van der Waals surface area contributed by atoms with Crippen LogP contribution in [0.2, 0.25) is 0 Å². The van der Waals surface area contributed by atoms with Crippen molar-refractivity contribution in [1.82, 2.24) is 0 Å². The number of aliphatic hydroxyl groups is 1. The minimum absolute atomic E-state index is 0.628. The quantitative estimate of drug-likeness (QED) is 0.600. The molecule has 2 nitrogen and oxygen atoms in total. The topological polar surface area (TPSA) is 29.5 Å². The molecule has 0 fully saturated rings. The van der Waals surface area contributed by atoms with Crippen molar-refractivity contribution in [2.75, 3.05) is 0 Å². The van der Waals surface area contributed by atoms with Crippen LogP contribution in [0.15, 0.2) is 0 Å². The van der Waals surface area contributed by atoms with Crippen LogP contribution in [0.1, 0.15) is 34.1 Å². The summed E-state index contributed by atoms with van der Waals surface area (Å²) >= 11 is 0. The van der Waals surface area contributed by atoms with Crippen molar-refractivity contribution >= 4 is 15.1 Å². The fourth-order valence-corrected chi connectivity index (χ4v) is 0.723. The molecule has 0 aliphatic heterocycles. The van der Waals surface area contributed by atoms with Crippen molar-refractivity contribution in [2.45, 2.75) is 45.3 Å². The Morgan fingerprint density at radius 3 is 2.18 bits per heavy atom. The van der Waals surface area contributed by atoms with E-state index >= 15 is 0 Å². The standard InChI is InChI=1S/C7H15B2O2/c1-5-7(4,10)6(2,3)11-9-8/h10H,5H2,1-4H3. The second kappa shape index (κ2) is 3.63. The molecule has 61 valence electrons. The van der Waals surface area contributed by atoms with E-state index in [1.165, 1.54) is 0 Å². The monoisotopic (exact) mass is 153 g/mol. The molecule has 0 spiro atoms. The van der Waals surface area contributed by atoms with E-state index in [4.69, 9.17) is 12.4 Å². The van der Waals surface area contributed by atoms with Crippen molar-refractivity contribution in [3.05, 3.63) is 0 Å². The predicted octanol–water partition coefficient (Wildman–Crippen LogP) is 0.645. The van der Waals surface area contributed by atoms with Crippen molar-refractivity contribution in [1.29, 1.82) is 0 Å². The molecule has 1 atom stereocenters. The highest BCUT2D eigenvalue weighted by molar-refractivity contribution is 6.85. The van der Waals surface area contributed by atoms with Gasteiger partial charge in [0.15, 0.2) is 0 Å². The zero-order valence-corrected chi connectivity index (χ0v) is 7.72. The molecule has 0 aromatic rings. The molecule has 0 saturated heterocycles. The zero-order valence-electron chi connectivity index (χ0n) is 7.72. The van der Waals surface area contributed by atoms with E-state index < -0.39 is 11.2 Å². The molecule has 3 radical (unpaired) electrons. The summed E-state index contributed by atoms with van der Waals surface area (Å²) in [5, 5.41) is 9.78. The maximum Gasteiger partial charge on any atom is 0.231 e. The summed E-state index contributed by atoms with van der Waals surface area (Å²) in [5.41, 5.74) is -1.47. The lowest BCUT2D eigenvalue weighted by atomic mass is 9.70. The average molecular weight is 153 g/mol. The highest BCUT2D eigenvalue weighted by atomic mass is 16.5. The average Bonchev–Trinajstić information content (AvgIpc) is 1.87. The maximum absolute atomic E-state index is 9.78. The van der Waals surface area contributed by atoms with E-state index in [2.05, 4.69) is 0 Å². The van der Waals surface area contributed by atoms with E-state index in [0.717, 1.165) is 7.37 Å². The van der Waals surface area contributed by atoms with Gasteiger partial charge in [0, 0.05) is 0 Å². The molecule has 1 unspecified atom stereocenters. The molecule has 0 aromatic heterocycles. The molecule has 0 bridgehead atoms. The molecular formula is C7H15B2O2. The van der Waals surface area contributed by atoms with Crippen LogP contribution in [0.4, 0.5) is 0 Å². The largest absolute Gasteiger partial charge is 0.445 e. The van der Waals surface area contributed by atoms with Crippen LogP contribution in [0.25, 0.3) is 0 Å². The molecule has 0 aromatic carbocycles. The molecule has 0 rings (SSSR count). The summed E-state index contributed by atoms with van der Waals surface area (Å²) in [5.74, 6) is 0. The highest BCUT2D eigenvalue weighted by Crippen LogP contribution is 2.27. The van der Waals surface area contributed by atoms with Crippen LogP contribution in [0.3, 0.4) is 0 Å². The smallest absolute Gasteiger partial charge is 0.231 e. The first-order valence-electron chi connectivity index (χ1n) is 3.81. The fraction of sp³-hybridized carbons (Fsp3) is 1.00. The van der Waals surface area contributed by atoms with Gasteiger partial charge < -0.3 is 9.76 Å².